The second-order valence-electron chi connectivity index (χ2n) is 4.95. The monoisotopic (exact) mass is 326 g/mol. The molecule has 2 aromatic rings. The van der Waals surface area contributed by atoms with Gasteiger partial charge in [-0.25, -0.2) is 4.39 Å². The van der Waals surface area contributed by atoms with Crippen LogP contribution in [0.3, 0.4) is 0 Å². The predicted octanol–water partition coefficient (Wildman–Crippen LogP) is 3.57. The quantitative estimate of drug-likeness (QED) is 0.854. The fourth-order valence-electron chi connectivity index (χ4n) is 2.05. The Morgan fingerprint density at radius 2 is 1.87 bits per heavy atom. The highest BCUT2D eigenvalue weighted by molar-refractivity contribution is 5.76. The molecule has 0 saturated heterocycles. The number of rotatable bonds is 5. The number of benzene rings is 1. The highest BCUT2D eigenvalue weighted by Gasteiger charge is 2.41. The Morgan fingerprint density at radius 1 is 1.17 bits per heavy atom. The number of carbonyl (C=O) groups is 1. The molecule has 0 spiro atoms. The van der Waals surface area contributed by atoms with Crippen LogP contribution in [0.5, 0.6) is 0 Å². The largest absolute Gasteiger partial charge is 0.412 e. The van der Waals surface area contributed by atoms with Gasteiger partial charge in [0.1, 0.15) is 5.82 Å². The van der Waals surface area contributed by atoms with E-state index in [4.69, 9.17) is 0 Å². The number of aryl methyl sites for hydroxylation is 1. The van der Waals surface area contributed by atoms with Crippen LogP contribution in [0.25, 0.3) is 0 Å². The Kier molecular flexibility index (Phi) is 5.31. The summed E-state index contributed by atoms with van der Waals surface area (Å²) >= 11 is 0. The molecule has 1 atom stereocenters. The first-order chi connectivity index (χ1) is 10.9. The van der Waals surface area contributed by atoms with Crippen LogP contribution >= 0.6 is 0 Å². The molecule has 1 aromatic heterocycles. The van der Waals surface area contributed by atoms with Crippen LogP contribution in [-0.4, -0.2) is 17.1 Å². The first-order valence-electron chi connectivity index (χ1n) is 6.86. The summed E-state index contributed by atoms with van der Waals surface area (Å²) in [5.41, 5.74) is 0.543. The van der Waals surface area contributed by atoms with E-state index in [0.29, 0.717) is 0 Å². The topological polar surface area (TPSA) is 42.0 Å². The van der Waals surface area contributed by atoms with Crippen LogP contribution in [0.4, 0.5) is 17.6 Å². The van der Waals surface area contributed by atoms with E-state index < -0.39 is 23.9 Å². The van der Waals surface area contributed by atoms with Crippen molar-refractivity contribution in [2.75, 3.05) is 0 Å². The zero-order valence-corrected chi connectivity index (χ0v) is 12.0. The second kappa shape index (κ2) is 7.21. The molecule has 1 heterocycles. The fraction of sp³-hybridized carbons (Fsp3) is 0.250. The minimum atomic E-state index is -4.66. The van der Waals surface area contributed by atoms with Crippen molar-refractivity contribution < 1.29 is 22.4 Å². The minimum Gasteiger partial charge on any atom is -0.341 e. The lowest BCUT2D eigenvalue weighted by Gasteiger charge is -2.22. The third-order valence-electron chi connectivity index (χ3n) is 3.20. The molecule has 0 aliphatic heterocycles. The molecule has 1 aromatic carbocycles. The maximum atomic E-state index is 13.1. The van der Waals surface area contributed by atoms with Gasteiger partial charge in [0.2, 0.25) is 5.91 Å². The van der Waals surface area contributed by atoms with Crippen LogP contribution in [0, 0.1) is 5.82 Å². The molecule has 0 unspecified atom stereocenters. The average Bonchev–Trinajstić information content (AvgIpc) is 2.52. The Balaban J connectivity index is 2.03. The van der Waals surface area contributed by atoms with E-state index in [9.17, 15) is 22.4 Å². The molecule has 0 fully saturated rings. The maximum Gasteiger partial charge on any atom is 0.412 e. The van der Waals surface area contributed by atoms with Crippen molar-refractivity contribution in [3.63, 3.8) is 0 Å². The Hall–Kier alpha value is -2.44. The molecule has 0 aliphatic rings. The number of amides is 1. The number of alkyl halides is 3. The Bertz CT molecular complexity index is 641. The van der Waals surface area contributed by atoms with Gasteiger partial charge in [-0.15, -0.1) is 0 Å². The normalized spacial score (nSPS) is 12.7. The summed E-state index contributed by atoms with van der Waals surface area (Å²) in [5, 5.41) is 1.96. The summed E-state index contributed by atoms with van der Waals surface area (Å²) < 4.78 is 52.2. The van der Waals surface area contributed by atoms with Gasteiger partial charge in [0, 0.05) is 18.8 Å². The van der Waals surface area contributed by atoms with Crippen molar-refractivity contribution in [3.8, 4) is 0 Å². The summed E-state index contributed by atoms with van der Waals surface area (Å²) in [5.74, 6) is -1.38. The highest BCUT2D eigenvalue weighted by Crippen LogP contribution is 2.32. The van der Waals surface area contributed by atoms with Gasteiger partial charge >= 0.3 is 6.18 Å². The molecule has 1 amide bonds. The lowest BCUT2D eigenvalue weighted by Crippen LogP contribution is -2.38. The first kappa shape index (κ1) is 16.9. The van der Waals surface area contributed by atoms with Gasteiger partial charge in [0.15, 0.2) is 6.04 Å². The van der Waals surface area contributed by atoms with Gasteiger partial charge in [-0.1, -0.05) is 18.2 Å². The molecule has 7 heteroatoms. The maximum absolute atomic E-state index is 13.1. The molecule has 3 nitrogen and oxygen atoms in total. The number of pyridine rings is 1. The molecular weight excluding hydrogens is 312 g/mol. The lowest BCUT2D eigenvalue weighted by molar-refractivity contribution is -0.163. The molecule has 1 N–H and O–H groups in total. The highest BCUT2D eigenvalue weighted by atomic mass is 19.4. The van der Waals surface area contributed by atoms with E-state index in [1.165, 1.54) is 0 Å². The summed E-state index contributed by atoms with van der Waals surface area (Å²) in [7, 11) is 0. The van der Waals surface area contributed by atoms with E-state index in [1.54, 1.807) is 24.5 Å². The van der Waals surface area contributed by atoms with E-state index in [1.807, 2.05) is 5.32 Å². The first-order valence-corrected chi connectivity index (χ1v) is 6.86. The second-order valence-corrected chi connectivity index (χ2v) is 4.95. The Morgan fingerprint density at radius 3 is 2.43 bits per heavy atom. The van der Waals surface area contributed by atoms with Crippen molar-refractivity contribution >= 4 is 5.91 Å². The van der Waals surface area contributed by atoms with Gasteiger partial charge in [0.25, 0.3) is 0 Å². The van der Waals surface area contributed by atoms with E-state index in [2.05, 4.69) is 4.98 Å². The lowest BCUT2D eigenvalue weighted by atomic mass is 10.1. The van der Waals surface area contributed by atoms with E-state index in [-0.39, 0.29) is 18.4 Å². The number of halogens is 4. The van der Waals surface area contributed by atoms with Crippen molar-refractivity contribution in [2.24, 2.45) is 0 Å². The molecule has 0 radical (unpaired) electrons. The molecule has 23 heavy (non-hydrogen) atoms. The number of hydrogen-bond donors (Lipinski definition) is 1. The third-order valence-corrected chi connectivity index (χ3v) is 3.20. The molecule has 2 rings (SSSR count). The van der Waals surface area contributed by atoms with Gasteiger partial charge in [-0.3, -0.25) is 9.78 Å². The molecule has 0 bridgehead atoms. The summed E-state index contributed by atoms with van der Waals surface area (Å²) in [6.45, 7) is 0. The number of aromatic nitrogens is 1. The fourth-order valence-corrected chi connectivity index (χ4v) is 2.05. The number of nitrogens with one attached hydrogen (secondary N) is 1. The van der Waals surface area contributed by atoms with Crippen LogP contribution in [-0.2, 0) is 11.2 Å². The Labute approximate surface area is 130 Å². The molecule has 0 aliphatic carbocycles. The standard InChI is InChI=1S/C16H14F4N2O/c17-13-6-4-12(5-7-13)15(16(18,19)20)22-14(23)8-3-11-2-1-9-21-10-11/h1-2,4-7,9-10,15H,3,8H2,(H,22,23)/t15-/m0/s1. The van der Waals surface area contributed by atoms with Crippen molar-refractivity contribution in [3.05, 3.63) is 65.7 Å². The predicted molar refractivity (Wildman–Crippen MR) is 75.9 cm³/mol. The zero-order valence-electron chi connectivity index (χ0n) is 12.0. The zero-order chi connectivity index (χ0) is 16.9. The van der Waals surface area contributed by atoms with Gasteiger partial charge in [-0.05, 0) is 35.7 Å². The average molecular weight is 326 g/mol. The smallest absolute Gasteiger partial charge is 0.341 e. The SMILES string of the molecule is O=C(CCc1cccnc1)N[C@@H](c1ccc(F)cc1)C(F)(F)F. The summed E-state index contributed by atoms with van der Waals surface area (Å²) in [6.07, 6.45) is -1.36. The number of carbonyl (C=O) groups excluding carboxylic acids is 1. The van der Waals surface area contributed by atoms with Crippen molar-refractivity contribution in [2.45, 2.75) is 25.1 Å². The summed E-state index contributed by atoms with van der Waals surface area (Å²) in [6, 6.07) is 5.13. The van der Waals surface area contributed by atoms with Gasteiger partial charge < -0.3 is 5.32 Å². The van der Waals surface area contributed by atoms with E-state index >= 15 is 0 Å². The molecular formula is C16H14F4N2O. The summed E-state index contributed by atoms with van der Waals surface area (Å²) in [4.78, 5) is 15.7. The van der Waals surface area contributed by atoms with Gasteiger partial charge in [0.05, 0.1) is 0 Å². The minimum absolute atomic E-state index is 0.0977. The molecule has 0 saturated carbocycles. The molecule has 122 valence electrons. The van der Waals surface area contributed by atoms with Crippen LogP contribution in [0.2, 0.25) is 0 Å². The number of hydrogen-bond acceptors (Lipinski definition) is 2. The van der Waals surface area contributed by atoms with Crippen LogP contribution < -0.4 is 5.32 Å². The van der Waals surface area contributed by atoms with E-state index in [0.717, 1.165) is 29.8 Å². The van der Waals surface area contributed by atoms with Crippen molar-refractivity contribution in [1.29, 1.82) is 0 Å². The third kappa shape index (κ3) is 5.05. The van der Waals surface area contributed by atoms with Crippen LogP contribution in [0.15, 0.2) is 48.8 Å². The van der Waals surface area contributed by atoms with Gasteiger partial charge in [-0.2, -0.15) is 13.2 Å². The van der Waals surface area contributed by atoms with Crippen LogP contribution in [0.1, 0.15) is 23.6 Å². The number of nitrogens with zero attached hydrogens (tertiary/aromatic N) is 1. The van der Waals surface area contributed by atoms with Crippen molar-refractivity contribution in [1.82, 2.24) is 10.3 Å².